The highest BCUT2D eigenvalue weighted by Crippen LogP contribution is 2.30. The monoisotopic (exact) mass is 585 g/mol. The van der Waals surface area contributed by atoms with E-state index in [-0.39, 0.29) is 11.4 Å². The van der Waals surface area contributed by atoms with E-state index in [1.807, 2.05) is 39.0 Å². The van der Waals surface area contributed by atoms with Crippen LogP contribution in [0.25, 0.3) is 10.8 Å². The fourth-order valence-electron chi connectivity index (χ4n) is 4.63. The Balaban J connectivity index is 1.32. The maximum Gasteiger partial charge on any atom is 0.437 e. The number of ketones is 1. The van der Waals surface area contributed by atoms with Crippen molar-refractivity contribution in [3.05, 3.63) is 84.1 Å². The molecule has 2 N–H and O–H groups in total. The molecule has 1 saturated heterocycles. The molecule has 2 amide bonds. The largest absolute Gasteiger partial charge is 0.492 e. The van der Waals surface area contributed by atoms with E-state index in [2.05, 4.69) is 20.6 Å². The van der Waals surface area contributed by atoms with Crippen LogP contribution in [0.3, 0.4) is 0 Å². The Morgan fingerprint density at radius 1 is 0.907 bits per heavy atom. The molecule has 2 heterocycles. The zero-order valence-electron chi connectivity index (χ0n) is 24.5. The summed E-state index contributed by atoms with van der Waals surface area (Å²) in [6.45, 7) is 10.2. The number of carbonyl (C=O) groups excluding carboxylic acids is 3. The highest BCUT2D eigenvalue weighted by atomic mass is 16.7. The number of hydrogen-bond donors (Lipinski definition) is 2. The van der Waals surface area contributed by atoms with Crippen LogP contribution in [0.1, 0.15) is 36.8 Å². The molecule has 11 heteroatoms. The molecule has 5 rings (SSSR count). The van der Waals surface area contributed by atoms with Gasteiger partial charge in [-0.2, -0.15) is 0 Å². The molecule has 0 spiro atoms. The first kappa shape index (κ1) is 29.7. The molecule has 11 nitrogen and oxygen atoms in total. The quantitative estimate of drug-likeness (QED) is 0.217. The highest BCUT2D eigenvalue weighted by molar-refractivity contribution is 6.48. The van der Waals surface area contributed by atoms with E-state index < -0.39 is 23.2 Å². The van der Waals surface area contributed by atoms with Crippen molar-refractivity contribution >= 4 is 40.1 Å². The molecule has 1 aliphatic heterocycles. The average molecular weight is 586 g/mol. The minimum atomic E-state index is -0.903. The minimum Gasteiger partial charge on any atom is -0.492 e. The molecule has 0 unspecified atom stereocenters. The van der Waals surface area contributed by atoms with Gasteiger partial charge in [-0.1, -0.05) is 68.1 Å². The number of Topliss-reactive ketones (excluding diaryl/α,β-unsaturated/α-hetero) is 1. The molecule has 0 saturated carbocycles. The van der Waals surface area contributed by atoms with Gasteiger partial charge in [-0.15, -0.1) is 5.10 Å². The van der Waals surface area contributed by atoms with Gasteiger partial charge >= 0.3 is 6.09 Å². The summed E-state index contributed by atoms with van der Waals surface area (Å²) >= 11 is 0. The standard InChI is InChI=1S/C32H35N5O6/c1-32(2,3)27-21-28(37(35-27)43-31(40)33-22-9-5-4-6-10-22)34-30(39)29(38)25-13-14-26(24-12-8-7-11-23(24)25)42-20-17-36-15-18-41-19-16-36/h4-14,21H,15-20H2,1-3H3,(H,33,40)(H,34,39). The lowest BCUT2D eigenvalue weighted by Crippen LogP contribution is -2.38. The molecule has 0 bridgehead atoms. The number of aromatic nitrogens is 2. The van der Waals surface area contributed by atoms with Crippen LogP contribution in [0.5, 0.6) is 5.75 Å². The van der Waals surface area contributed by atoms with Gasteiger partial charge in [0, 0.05) is 47.8 Å². The van der Waals surface area contributed by atoms with Crippen LogP contribution in [0.2, 0.25) is 0 Å². The molecule has 0 aliphatic carbocycles. The number of carbonyl (C=O) groups is 3. The molecule has 43 heavy (non-hydrogen) atoms. The van der Waals surface area contributed by atoms with Crippen LogP contribution < -0.4 is 20.2 Å². The van der Waals surface area contributed by atoms with Crippen molar-refractivity contribution in [3.8, 4) is 5.75 Å². The van der Waals surface area contributed by atoms with Gasteiger partial charge in [-0.3, -0.25) is 24.6 Å². The fourth-order valence-corrected chi connectivity index (χ4v) is 4.63. The number of fused-ring (bicyclic) bond motifs is 1. The van der Waals surface area contributed by atoms with Crippen molar-refractivity contribution in [2.45, 2.75) is 26.2 Å². The summed E-state index contributed by atoms with van der Waals surface area (Å²) in [4.78, 5) is 47.9. The van der Waals surface area contributed by atoms with Crippen LogP contribution in [0, 0.1) is 0 Å². The smallest absolute Gasteiger partial charge is 0.437 e. The summed E-state index contributed by atoms with van der Waals surface area (Å²) in [5.74, 6) is -0.986. The van der Waals surface area contributed by atoms with Gasteiger partial charge < -0.3 is 14.8 Å². The molecule has 224 valence electrons. The van der Waals surface area contributed by atoms with Crippen LogP contribution >= 0.6 is 0 Å². The summed E-state index contributed by atoms with van der Waals surface area (Å²) in [5, 5.41) is 10.9. The van der Waals surface area contributed by atoms with Crippen LogP contribution in [-0.4, -0.2) is 72.1 Å². The molecule has 1 aliphatic rings. The lowest BCUT2D eigenvalue weighted by Gasteiger charge is -2.26. The Bertz CT molecular complexity index is 1610. The topological polar surface area (TPSA) is 124 Å². The van der Waals surface area contributed by atoms with Crippen LogP contribution in [0.4, 0.5) is 16.3 Å². The molecular formula is C32H35N5O6. The molecule has 1 aromatic heterocycles. The lowest BCUT2D eigenvalue weighted by molar-refractivity contribution is -0.112. The molecule has 0 radical (unpaired) electrons. The van der Waals surface area contributed by atoms with E-state index in [0.29, 0.717) is 42.3 Å². The van der Waals surface area contributed by atoms with Gasteiger partial charge in [0.1, 0.15) is 12.4 Å². The van der Waals surface area contributed by atoms with Gasteiger partial charge in [0.15, 0.2) is 5.82 Å². The number of hydrogen-bond acceptors (Lipinski definition) is 8. The van der Waals surface area contributed by atoms with Crippen molar-refractivity contribution in [3.63, 3.8) is 0 Å². The third kappa shape index (κ3) is 7.37. The predicted molar refractivity (Wildman–Crippen MR) is 163 cm³/mol. The fraction of sp³-hybridized carbons (Fsp3) is 0.312. The van der Waals surface area contributed by atoms with Crippen molar-refractivity contribution in [2.75, 3.05) is 50.1 Å². The first-order valence-corrected chi connectivity index (χ1v) is 14.1. The first-order chi connectivity index (χ1) is 20.7. The normalized spacial score (nSPS) is 13.8. The molecule has 3 aromatic carbocycles. The number of nitrogens with one attached hydrogen (secondary N) is 2. The van der Waals surface area contributed by atoms with E-state index in [1.165, 1.54) is 0 Å². The second-order valence-electron chi connectivity index (χ2n) is 11.2. The van der Waals surface area contributed by atoms with Crippen molar-refractivity contribution in [1.29, 1.82) is 0 Å². The minimum absolute atomic E-state index is 0.0406. The Hall–Kier alpha value is -4.74. The summed E-state index contributed by atoms with van der Waals surface area (Å²) in [7, 11) is 0. The SMILES string of the molecule is CC(C)(C)c1cc(NC(=O)C(=O)c2ccc(OCCN3CCOCC3)c3ccccc23)n(OC(=O)Nc2ccccc2)n1. The molecular weight excluding hydrogens is 550 g/mol. The number of benzene rings is 3. The Labute approximate surface area is 249 Å². The van der Waals surface area contributed by atoms with E-state index >= 15 is 0 Å². The second kappa shape index (κ2) is 13.1. The number of morpholine rings is 1. The maximum absolute atomic E-state index is 13.5. The summed E-state index contributed by atoms with van der Waals surface area (Å²) in [6, 6.07) is 20.9. The van der Waals surface area contributed by atoms with Crippen molar-refractivity contribution < 1.29 is 28.7 Å². The van der Waals surface area contributed by atoms with Crippen LogP contribution in [-0.2, 0) is 14.9 Å². The average Bonchev–Trinajstić information content (AvgIpc) is 3.40. The first-order valence-electron chi connectivity index (χ1n) is 14.1. The predicted octanol–water partition coefficient (Wildman–Crippen LogP) is 4.53. The number of anilines is 2. The summed E-state index contributed by atoms with van der Waals surface area (Å²) in [6.07, 6.45) is -0.813. The number of ether oxygens (including phenoxy) is 2. The van der Waals surface area contributed by atoms with E-state index in [0.717, 1.165) is 29.9 Å². The zero-order valence-corrected chi connectivity index (χ0v) is 24.5. The van der Waals surface area contributed by atoms with Gasteiger partial charge in [-0.25, -0.2) is 4.79 Å². The Morgan fingerprint density at radius 3 is 2.33 bits per heavy atom. The Kier molecular flexibility index (Phi) is 9.03. The molecule has 1 fully saturated rings. The third-order valence-corrected chi connectivity index (χ3v) is 6.98. The highest BCUT2D eigenvalue weighted by Gasteiger charge is 2.26. The van der Waals surface area contributed by atoms with Crippen LogP contribution in [0.15, 0.2) is 72.8 Å². The lowest BCUT2D eigenvalue weighted by atomic mass is 9.92. The van der Waals surface area contributed by atoms with Gasteiger partial charge in [0.2, 0.25) is 0 Å². The summed E-state index contributed by atoms with van der Waals surface area (Å²) < 4.78 is 11.5. The van der Waals surface area contributed by atoms with Gasteiger partial charge in [0.05, 0.1) is 18.9 Å². The second-order valence-corrected chi connectivity index (χ2v) is 11.2. The van der Waals surface area contributed by atoms with Gasteiger partial charge in [0.25, 0.3) is 11.7 Å². The third-order valence-electron chi connectivity index (χ3n) is 6.98. The van der Waals surface area contributed by atoms with E-state index in [9.17, 15) is 14.4 Å². The van der Waals surface area contributed by atoms with E-state index in [1.54, 1.807) is 54.6 Å². The number of para-hydroxylation sites is 1. The number of rotatable bonds is 9. The van der Waals surface area contributed by atoms with Gasteiger partial charge in [-0.05, 0) is 29.7 Å². The van der Waals surface area contributed by atoms with E-state index in [4.69, 9.17) is 14.3 Å². The van der Waals surface area contributed by atoms with Crippen molar-refractivity contribution in [2.24, 2.45) is 0 Å². The summed E-state index contributed by atoms with van der Waals surface area (Å²) in [5.41, 5.74) is 0.865. The molecule has 0 atom stereocenters. The zero-order chi connectivity index (χ0) is 30.4. The van der Waals surface area contributed by atoms with Crippen molar-refractivity contribution in [1.82, 2.24) is 14.8 Å². The Morgan fingerprint density at radius 2 is 1.60 bits per heavy atom. The number of amides is 2. The number of nitrogens with zero attached hydrogens (tertiary/aromatic N) is 3. The molecule has 4 aromatic rings. The maximum atomic E-state index is 13.5.